The number of likely N-dealkylation sites (tertiary alicyclic amines) is 1. The SMILES string of the molecule is CC(C)(C)OC(=O)N1CC[C@H](c2ccc(Cl)cc2)[C@@H](COc2ccc(I)cc2C#N)C1. The third-order valence-corrected chi connectivity index (χ3v) is 6.12. The number of benzene rings is 2. The number of piperidine rings is 1. The molecule has 1 heterocycles. The van der Waals surface area contributed by atoms with Gasteiger partial charge in [-0.2, -0.15) is 5.26 Å². The fourth-order valence-corrected chi connectivity index (χ4v) is 4.37. The molecule has 1 fully saturated rings. The highest BCUT2D eigenvalue weighted by Crippen LogP contribution is 2.35. The van der Waals surface area contributed by atoms with E-state index in [2.05, 4.69) is 28.7 Å². The second-order valence-electron chi connectivity index (χ2n) is 8.70. The molecule has 2 aromatic rings. The molecule has 0 aliphatic carbocycles. The van der Waals surface area contributed by atoms with Crippen LogP contribution < -0.4 is 4.74 Å². The van der Waals surface area contributed by atoms with E-state index >= 15 is 0 Å². The first-order chi connectivity index (χ1) is 14.7. The monoisotopic (exact) mass is 552 g/mol. The lowest BCUT2D eigenvalue weighted by atomic mass is 9.81. The maximum atomic E-state index is 12.7. The first-order valence-corrected chi connectivity index (χ1v) is 11.7. The highest BCUT2D eigenvalue weighted by Gasteiger charge is 2.35. The number of nitriles is 1. The molecule has 0 N–H and O–H groups in total. The van der Waals surface area contributed by atoms with Gasteiger partial charge in [-0.25, -0.2) is 4.79 Å². The molecule has 0 saturated carbocycles. The van der Waals surface area contributed by atoms with Crippen molar-refractivity contribution >= 4 is 40.3 Å². The molecule has 31 heavy (non-hydrogen) atoms. The fraction of sp³-hybridized carbons (Fsp3) is 0.417. The molecule has 1 aliphatic heterocycles. The maximum Gasteiger partial charge on any atom is 0.410 e. The number of hydrogen-bond acceptors (Lipinski definition) is 4. The van der Waals surface area contributed by atoms with Gasteiger partial charge in [0.15, 0.2) is 0 Å². The van der Waals surface area contributed by atoms with Crippen LogP contribution in [-0.2, 0) is 4.74 Å². The van der Waals surface area contributed by atoms with Crippen molar-refractivity contribution in [3.05, 3.63) is 62.2 Å². The highest BCUT2D eigenvalue weighted by atomic mass is 127. The number of amides is 1. The number of halogens is 2. The van der Waals surface area contributed by atoms with Gasteiger partial charge < -0.3 is 14.4 Å². The second-order valence-corrected chi connectivity index (χ2v) is 10.4. The van der Waals surface area contributed by atoms with Gasteiger partial charge in [-0.05, 0) is 91.6 Å². The lowest BCUT2D eigenvalue weighted by molar-refractivity contribution is 0.0111. The minimum atomic E-state index is -0.543. The highest BCUT2D eigenvalue weighted by molar-refractivity contribution is 14.1. The molecule has 0 radical (unpaired) electrons. The van der Waals surface area contributed by atoms with E-state index in [1.54, 1.807) is 11.0 Å². The van der Waals surface area contributed by atoms with Gasteiger partial charge in [0.05, 0.1) is 12.2 Å². The van der Waals surface area contributed by atoms with Crippen LogP contribution in [0.15, 0.2) is 42.5 Å². The molecule has 2 atom stereocenters. The Balaban J connectivity index is 1.80. The Labute approximate surface area is 202 Å². The van der Waals surface area contributed by atoms with E-state index in [9.17, 15) is 10.1 Å². The van der Waals surface area contributed by atoms with Gasteiger partial charge in [0.2, 0.25) is 0 Å². The van der Waals surface area contributed by atoms with E-state index in [0.717, 1.165) is 9.99 Å². The molecule has 1 saturated heterocycles. The van der Waals surface area contributed by atoms with Crippen molar-refractivity contribution in [2.24, 2.45) is 5.92 Å². The van der Waals surface area contributed by atoms with Gasteiger partial charge in [0.25, 0.3) is 0 Å². The lowest BCUT2D eigenvalue weighted by Gasteiger charge is -2.39. The summed E-state index contributed by atoms with van der Waals surface area (Å²) in [7, 11) is 0. The smallest absolute Gasteiger partial charge is 0.410 e. The standard InChI is InChI=1S/C24H26ClIN2O3/c1-24(2,3)31-23(29)28-11-10-21(16-4-6-19(25)7-5-16)18(14-28)15-30-22-9-8-20(26)12-17(22)13-27/h4-9,12,18,21H,10-11,14-15H2,1-3H3/t18-,21-/m1/s1. The molecule has 2 aromatic carbocycles. The quantitative estimate of drug-likeness (QED) is 0.422. The lowest BCUT2D eigenvalue weighted by Crippen LogP contribution is -2.46. The normalized spacial score (nSPS) is 18.9. The summed E-state index contributed by atoms with van der Waals surface area (Å²) >= 11 is 8.25. The van der Waals surface area contributed by atoms with Crippen LogP contribution in [0.25, 0.3) is 0 Å². The van der Waals surface area contributed by atoms with Crippen molar-refractivity contribution in [2.75, 3.05) is 19.7 Å². The summed E-state index contributed by atoms with van der Waals surface area (Å²) in [6.45, 7) is 7.13. The first-order valence-electron chi connectivity index (χ1n) is 10.2. The van der Waals surface area contributed by atoms with Crippen molar-refractivity contribution in [3.63, 3.8) is 0 Å². The Kier molecular flexibility index (Phi) is 7.71. The average molecular weight is 553 g/mol. The summed E-state index contributed by atoms with van der Waals surface area (Å²) in [5.74, 6) is 0.825. The number of nitrogens with zero attached hydrogens (tertiary/aromatic N) is 2. The molecular weight excluding hydrogens is 527 g/mol. The van der Waals surface area contributed by atoms with Crippen molar-refractivity contribution in [1.82, 2.24) is 4.90 Å². The molecule has 0 bridgehead atoms. The van der Waals surface area contributed by atoms with Gasteiger partial charge in [-0.1, -0.05) is 23.7 Å². The Morgan fingerprint density at radius 2 is 1.97 bits per heavy atom. The Bertz CT molecular complexity index is 966. The van der Waals surface area contributed by atoms with Gasteiger partial charge >= 0.3 is 6.09 Å². The van der Waals surface area contributed by atoms with Gasteiger partial charge in [0.1, 0.15) is 17.4 Å². The van der Waals surface area contributed by atoms with Crippen LogP contribution in [-0.4, -0.2) is 36.3 Å². The fourth-order valence-electron chi connectivity index (χ4n) is 3.75. The molecule has 1 aliphatic rings. The zero-order valence-electron chi connectivity index (χ0n) is 17.9. The largest absolute Gasteiger partial charge is 0.492 e. The number of rotatable bonds is 4. The molecule has 0 aromatic heterocycles. The zero-order chi connectivity index (χ0) is 22.6. The van der Waals surface area contributed by atoms with Crippen molar-refractivity contribution < 1.29 is 14.3 Å². The molecule has 0 spiro atoms. The number of hydrogen-bond donors (Lipinski definition) is 0. The van der Waals surface area contributed by atoms with E-state index < -0.39 is 5.60 Å². The number of carbonyl (C=O) groups excluding carboxylic acids is 1. The summed E-state index contributed by atoms with van der Waals surface area (Å²) in [6, 6.07) is 15.6. The predicted octanol–water partition coefficient (Wildman–Crippen LogP) is 6.24. The third-order valence-electron chi connectivity index (χ3n) is 5.20. The zero-order valence-corrected chi connectivity index (χ0v) is 20.8. The Morgan fingerprint density at radius 3 is 2.61 bits per heavy atom. The third kappa shape index (κ3) is 6.50. The molecule has 7 heteroatoms. The van der Waals surface area contributed by atoms with E-state index in [0.29, 0.717) is 36.0 Å². The minimum Gasteiger partial charge on any atom is -0.492 e. The summed E-state index contributed by atoms with van der Waals surface area (Å²) in [5, 5.41) is 10.1. The van der Waals surface area contributed by atoms with Gasteiger partial charge in [-0.15, -0.1) is 0 Å². The summed E-state index contributed by atoms with van der Waals surface area (Å²) in [4.78, 5) is 14.4. The summed E-state index contributed by atoms with van der Waals surface area (Å²) in [6.07, 6.45) is 0.492. The van der Waals surface area contributed by atoms with Crippen molar-refractivity contribution in [3.8, 4) is 11.8 Å². The molecule has 1 amide bonds. The molecular formula is C24H26ClIN2O3. The van der Waals surface area contributed by atoms with Crippen LogP contribution in [0.2, 0.25) is 5.02 Å². The minimum absolute atomic E-state index is 0.0493. The van der Waals surface area contributed by atoms with E-state index in [4.69, 9.17) is 21.1 Å². The van der Waals surface area contributed by atoms with Crippen LogP contribution in [0.3, 0.4) is 0 Å². The molecule has 164 valence electrons. The van der Waals surface area contributed by atoms with Gasteiger partial charge in [0, 0.05) is 27.6 Å². The van der Waals surface area contributed by atoms with Crippen LogP contribution in [0, 0.1) is 20.8 Å². The summed E-state index contributed by atoms with van der Waals surface area (Å²) < 4.78 is 12.7. The van der Waals surface area contributed by atoms with Crippen LogP contribution >= 0.6 is 34.2 Å². The van der Waals surface area contributed by atoms with Gasteiger partial charge in [-0.3, -0.25) is 0 Å². The first kappa shape index (κ1) is 23.7. The number of carbonyl (C=O) groups is 1. The van der Waals surface area contributed by atoms with E-state index in [1.165, 1.54) is 5.56 Å². The Morgan fingerprint density at radius 1 is 1.26 bits per heavy atom. The van der Waals surface area contributed by atoms with Crippen molar-refractivity contribution in [1.29, 1.82) is 5.26 Å². The van der Waals surface area contributed by atoms with Crippen molar-refractivity contribution in [2.45, 2.75) is 38.7 Å². The van der Waals surface area contributed by atoms with Crippen LogP contribution in [0.4, 0.5) is 4.79 Å². The van der Waals surface area contributed by atoms with Crippen LogP contribution in [0.1, 0.15) is 44.2 Å². The predicted molar refractivity (Wildman–Crippen MR) is 129 cm³/mol. The Hall–Kier alpha value is -1.98. The molecule has 0 unspecified atom stereocenters. The average Bonchev–Trinajstić information content (AvgIpc) is 2.72. The summed E-state index contributed by atoms with van der Waals surface area (Å²) in [5.41, 5.74) is 1.14. The molecule has 3 rings (SSSR count). The topological polar surface area (TPSA) is 62.6 Å². The maximum absolute atomic E-state index is 12.7. The van der Waals surface area contributed by atoms with E-state index in [1.807, 2.05) is 57.2 Å². The second kappa shape index (κ2) is 10.1. The molecule has 5 nitrogen and oxygen atoms in total. The number of ether oxygens (including phenoxy) is 2. The van der Waals surface area contributed by atoms with E-state index in [-0.39, 0.29) is 17.9 Å². The van der Waals surface area contributed by atoms with Crippen LogP contribution in [0.5, 0.6) is 5.75 Å².